The summed E-state index contributed by atoms with van der Waals surface area (Å²) >= 11 is 0. The molecule has 7 heteroatoms. The Morgan fingerprint density at radius 2 is 1.00 bits per heavy atom. The molecule has 0 radical (unpaired) electrons. The molecule has 0 aromatic rings. The summed E-state index contributed by atoms with van der Waals surface area (Å²) in [6.45, 7) is 0. The molecule has 6 nitrogen and oxygen atoms in total. The van der Waals surface area contributed by atoms with Crippen molar-refractivity contribution < 1.29 is 50.2 Å². The molecule has 0 spiro atoms. The van der Waals surface area contributed by atoms with Crippen LogP contribution in [0.5, 0.6) is 0 Å². The molecule has 0 aromatic heterocycles. The van der Waals surface area contributed by atoms with E-state index in [0.717, 1.165) is 0 Å². The predicted octanol–water partition coefficient (Wildman–Crippen LogP) is -5.36. The Kier molecular flexibility index (Phi) is 27.5. The predicted molar refractivity (Wildman–Crippen MR) is 19.8 cm³/mol. The molecule has 0 unspecified atom stereocenters. The first-order valence-electron chi connectivity index (χ1n) is 1.07. The molecule has 0 aromatic carbocycles. The molecule has 0 aliphatic carbocycles. The van der Waals surface area contributed by atoms with Gasteiger partial charge in [0.05, 0.1) is 11.9 Å². The van der Waals surface area contributed by atoms with Gasteiger partial charge in [-0.1, -0.05) is 0 Å². The van der Waals surface area contributed by atoms with Crippen LogP contribution in [-0.4, -0.2) is 11.9 Å². The van der Waals surface area contributed by atoms with Crippen molar-refractivity contribution in [2.75, 3.05) is 0 Å². The maximum atomic E-state index is 8.93. The Bertz CT molecular complexity index is 77.1. The minimum Gasteiger partial charge on any atom is -0.543 e. The Hall–Kier alpha value is -0.517. The molecular weight excluding hydrogens is 185 g/mol. The van der Waals surface area contributed by atoms with E-state index >= 15 is 0 Å². The maximum Gasteiger partial charge on any atom is 2.00 e. The summed E-state index contributed by atoms with van der Waals surface area (Å²) in [5.41, 5.74) is 0. The second-order valence-corrected chi connectivity index (χ2v) is 0.575. The Morgan fingerprint density at radius 1 is 0.889 bits per heavy atom. The van der Waals surface area contributed by atoms with E-state index in [1.165, 1.54) is 0 Å². The van der Waals surface area contributed by atoms with Crippen LogP contribution < -0.4 is 10.2 Å². The molecule has 0 rings (SSSR count). The largest absolute Gasteiger partial charge is 2.00 e. The summed E-state index contributed by atoms with van der Waals surface area (Å²) in [7, 11) is 0. The molecule has 0 amide bonds. The van der Waals surface area contributed by atoms with E-state index in [0.29, 0.717) is 0 Å². The van der Waals surface area contributed by atoms with Gasteiger partial charge >= 0.3 is 19.5 Å². The Labute approximate surface area is 62.9 Å². The van der Waals surface area contributed by atoms with Crippen LogP contribution in [0.25, 0.3) is 0 Å². The fourth-order valence-corrected chi connectivity index (χ4v) is 0. The maximum absolute atomic E-state index is 8.93. The summed E-state index contributed by atoms with van der Waals surface area (Å²) in [6.07, 6.45) is 0. The van der Waals surface area contributed by atoms with Crippen molar-refractivity contribution >= 4 is 11.9 Å². The number of hydrogen-bond donors (Lipinski definition) is 0. The fraction of sp³-hybridized carbons (Fsp3) is 0. The molecule has 0 bridgehead atoms. The normalized spacial score (nSPS) is 4.89. The Balaban J connectivity index is -0.0000000417. The van der Waals surface area contributed by atoms with Crippen LogP contribution in [0.15, 0.2) is 0 Å². The van der Waals surface area contributed by atoms with Gasteiger partial charge in [0.2, 0.25) is 0 Å². The number of carboxylic acids is 2. The third kappa shape index (κ3) is 18.5. The smallest absolute Gasteiger partial charge is 0.543 e. The van der Waals surface area contributed by atoms with E-state index in [9.17, 15) is 0 Å². The van der Waals surface area contributed by atoms with Gasteiger partial charge in [-0.2, -0.15) is 0 Å². The third-order valence-corrected chi connectivity index (χ3v) is 0.167. The summed E-state index contributed by atoms with van der Waals surface area (Å²) in [5, 5.41) is 17.9. The van der Waals surface area contributed by atoms with Crippen molar-refractivity contribution in [3.05, 3.63) is 0 Å². The van der Waals surface area contributed by atoms with Gasteiger partial charge in [-0.05, 0) is 0 Å². The van der Waals surface area contributed by atoms with Crippen LogP contribution in [0.1, 0.15) is 0 Å². The standard InChI is InChI=1S/C2H2O4.2H2O.Zn/c3-1(4)2(5)6;;;/h(H,3,4)(H,5,6);2*1H2;/q;;;+2. The number of carbonyl (C=O) groups excluding carboxylic acids is 2. The van der Waals surface area contributed by atoms with Crippen LogP contribution in [0.4, 0.5) is 0 Å². The molecule has 0 aliphatic rings. The molecule has 0 saturated heterocycles. The molecule has 0 fully saturated rings. The number of carbonyl (C=O) groups is 2. The molecular formula is C2H6O6Zn+2. The van der Waals surface area contributed by atoms with Gasteiger partial charge < -0.3 is 30.8 Å². The van der Waals surface area contributed by atoms with Gasteiger partial charge in [-0.15, -0.1) is 0 Å². The van der Waals surface area contributed by atoms with Crippen LogP contribution >= 0.6 is 0 Å². The number of carboxylic acid groups (broad SMARTS) is 2. The van der Waals surface area contributed by atoms with Crippen molar-refractivity contribution in [3.8, 4) is 0 Å². The molecule has 0 saturated carbocycles. The number of rotatable bonds is 0. The van der Waals surface area contributed by atoms with Gasteiger partial charge in [-0.3, -0.25) is 0 Å². The minimum atomic E-state index is -2.19. The van der Waals surface area contributed by atoms with Crippen molar-refractivity contribution in [3.63, 3.8) is 0 Å². The fourth-order valence-electron chi connectivity index (χ4n) is 0. The van der Waals surface area contributed by atoms with E-state index in [1.807, 2.05) is 0 Å². The summed E-state index contributed by atoms with van der Waals surface area (Å²) in [6, 6.07) is 0. The van der Waals surface area contributed by atoms with Crippen molar-refractivity contribution in [2.24, 2.45) is 0 Å². The molecule has 0 aliphatic heterocycles. The first kappa shape index (κ1) is 23.6. The first-order valence-corrected chi connectivity index (χ1v) is 1.07. The van der Waals surface area contributed by atoms with Gasteiger partial charge in [0.15, 0.2) is 0 Å². The second-order valence-electron chi connectivity index (χ2n) is 0.575. The van der Waals surface area contributed by atoms with E-state index in [-0.39, 0.29) is 30.4 Å². The minimum absolute atomic E-state index is 0. The van der Waals surface area contributed by atoms with Gasteiger partial charge in [0.25, 0.3) is 0 Å². The van der Waals surface area contributed by atoms with Crippen molar-refractivity contribution in [2.45, 2.75) is 0 Å². The summed E-state index contributed by atoms with van der Waals surface area (Å²) < 4.78 is 0. The zero-order valence-corrected chi connectivity index (χ0v) is 7.46. The zero-order valence-electron chi connectivity index (χ0n) is 4.49. The quantitative estimate of drug-likeness (QED) is 0.214. The number of aliphatic carboxylic acids is 2. The van der Waals surface area contributed by atoms with E-state index in [4.69, 9.17) is 19.8 Å². The van der Waals surface area contributed by atoms with Gasteiger partial charge in [0.1, 0.15) is 0 Å². The SMILES string of the molecule is O=C([O-])C(=O)[O-].[OH3+].[OH3+].[Zn+2]. The average molecular weight is 191 g/mol. The third-order valence-electron chi connectivity index (χ3n) is 0.167. The summed E-state index contributed by atoms with van der Waals surface area (Å²) in [5.74, 6) is -4.37. The molecule has 0 atom stereocenters. The number of hydrogen-bond acceptors (Lipinski definition) is 4. The second kappa shape index (κ2) is 10.5. The molecule has 0 heterocycles. The zero-order chi connectivity index (χ0) is 5.15. The van der Waals surface area contributed by atoms with Crippen LogP contribution in [0.3, 0.4) is 0 Å². The molecule has 50 valence electrons. The van der Waals surface area contributed by atoms with Gasteiger partial charge in [0, 0.05) is 0 Å². The monoisotopic (exact) mass is 190 g/mol. The summed E-state index contributed by atoms with van der Waals surface area (Å²) in [4.78, 5) is 17.9. The average Bonchev–Trinajstić information content (AvgIpc) is 1.36. The van der Waals surface area contributed by atoms with Gasteiger partial charge in [-0.25, -0.2) is 0 Å². The Morgan fingerprint density at radius 3 is 1.00 bits per heavy atom. The van der Waals surface area contributed by atoms with Crippen LogP contribution in [-0.2, 0) is 40.0 Å². The van der Waals surface area contributed by atoms with Crippen molar-refractivity contribution in [1.82, 2.24) is 0 Å². The van der Waals surface area contributed by atoms with E-state index < -0.39 is 11.9 Å². The molecule has 6 N–H and O–H groups in total. The van der Waals surface area contributed by atoms with Crippen LogP contribution in [0.2, 0.25) is 0 Å². The molecule has 9 heavy (non-hydrogen) atoms. The van der Waals surface area contributed by atoms with E-state index in [2.05, 4.69) is 0 Å². The van der Waals surface area contributed by atoms with Crippen molar-refractivity contribution in [1.29, 1.82) is 0 Å². The van der Waals surface area contributed by atoms with Crippen LogP contribution in [0, 0.1) is 0 Å². The first-order chi connectivity index (χ1) is 2.64. The van der Waals surface area contributed by atoms with E-state index in [1.54, 1.807) is 0 Å². The topological polar surface area (TPSA) is 146 Å².